The van der Waals surface area contributed by atoms with Crippen molar-refractivity contribution in [2.24, 2.45) is 0 Å². The molecule has 0 rings (SSSR count). The summed E-state index contributed by atoms with van der Waals surface area (Å²) >= 11 is 0. The third-order valence-electron chi connectivity index (χ3n) is 2.87. The average Bonchev–Trinajstić information content (AvgIpc) is 2.15. The van der Waals surface area contributed by atoms with E-state index in [1.165, 1.54) is 0 Å². The molecule has 1 atom stereocenters. The molecule has 4 nitrogen and oxygen atoms in total. The molecule has 0 bridgehead atoms. The topological polar surface area (TPSA) is 36.9 Å². The van der Waals surface area contributed by atoms with Crippen molar-refractivity contribution in [2.45, 2.75) is 38.9 Å². The Morgan fingerprint density at radius 3 is 1.40 bits per heavy atom. The quantitative estimate of drug-likeness (QED) is 0.704. The molecule has 0 aliphatic heterocycles. The zero-order valence-electron chi connectivity index (χ0n) is 11.1. The van der Waals surface area contributed by atoms with E-state index >= 15 is 0 Å². The molecule has 1 unspecified atom stereocenters. The summed E-state index contributed by atoms with van der Waals surface area (Å²) in [6.45, 7) is 10.3. The summed E-state index contributed by atoms with van der Waals surface area (Å²) in [5.41, 5.74) is 0. The summed E-state index contributed by atoms with van der Waals surface area (Å²) < 4.78 is 22.3. The SMILES string of the molecule is CO[Si](C)(OC)O[Si](C)(OC)C(C)(C)C. The minimum atomic E-state index is -2.53. The van der Waals surface area contributed by atoms with Gasteiger partial charge in [-0.25, -0.2) is 0 Å². The van der Waals surface area contributed by atoms with Crippen LogP contribution in [0.25, 0.3) is 0 Å². The highest BCUT2D eigenvalue weighted by Gasteiger charge is 2.51. The molecular formula is C9H24O4Si2. The van der Waals surface area contributed by atoms with Gasteiger partial charge in [0.05, 0.1) is 0 Å². The molecule has 0 aromatic carbocycles. The lowest BCUT2D eigenvalue weighted by atomic mass is 10.3. The molecule has 0 aliphatic rings. The first-order chi connectivity index (χ1) is 6.64. The summed E-state index contributed by atoms with van der Waals surface area (Å²) in [5.74, 6) is 0. The van der Waals surface area contributed by atoms with Gasteiger partial charge < -0.3 is 17.4 Å². The first-order valence-corrected chi connectivity index (χ1v) is 9.54. The van der Waals surface area contributed by atoms with Gasteiger partial charge in [-0.1, -0.05) is 20.8 Å². The van der Waals surface area contributed by atoms with Gasteiger partial charge in [-0.2, -0.15) is 0 Å². The molecule has 0 aliphatic carbocycles. The van der Waals surface area contributed by atoms with Gasteiger partial charge in [0.15, 0.2) is 0 Å². The summed E-state index contributed by atoms with van der Waals surface area (Å²) in [5, 5.41) is -0.0208. The maximum atomic E-state index is 6.05. The van der Waals surface area contributed by atoms with Crippen molar-refractivity contribution in [1.82, 2.24) is 0 Å². The van der Waals surface area contributed by atoms with E-state index in [2.05, 4.69) is 20.8 Å². The molecule has 15 heavy (non-hydrogen) atoms. The minimum absolute atomic E-state index is 0.0208. The molecule has 0 aromatic rings. The van der Waals surface area contributed by atoms with Crippen molar-refractivity contribution >= 4 is 17.4 Å². The van der Waals surface area contributed by atoms with Crippen molar-refractivity contribution in [3.05, 3.63) is 0 Å². The van der Waals surface area contributed by atoms with Gasteiger partial charge in [0, 0.05) is 32.9 Å². The van der Waals surface area contributed by atoms with Crippen LogP contribution in [0.15, 0.2) is 0 Å². The van der Waals surface area contributed by atoms with Crippen LogP contribution in [-0.2, 0) is 17.4 Å². The van der Waals surface area contributed by atoms with Gasteiger partial charge >= 0.3 is 17.4 Å². The lowest BCUT2D eigenvalue weighted by molar-refractivity contribution is 0.135. The Balaban J connectivity index is 4.86. The second-order valence-electron chi connectivity index (χ2n) is 4.77. The van der Waals surface area contributed by atoms with Crippen LogP contribution in [0.5, 0.6) is 0 Å². The molecule has 0 radical (unpaired) electrons. The van der Waals surface area contributed by atoms with E-state index in [4.69, 9.17) is 17.4 Å². The Kier molecular flexibility index (Phi) is 5.16. The van der Waals surface area contributed by atoms with Crippen LogP contribution in [0, 0.1) is 0 Å². The predicted molar refractivity (Wildman–Crippen MR) is 65.1 cm³/mol. The second kappa shape index (κ2) is 5.07. The molecule has 0 aromatic heterocycles. The molecular weight excluding hydrogens is 228 g/mol. The van der Waals surface area contributed by atoms with Gasteiger partial charge in [-0.15, -0.1) is 0 Å². The molecule has 92 valence electrons. The maximum absolute atomic E-state index is 6.05. The number of hydrogen-bond donors (Lipinski definition) is 0. The van der Waals surface area contributed by atoms with E-state index in [-0.39, 0.29) is 5.04 Å². The van der Waals surface area contributed by atoms with E-state index in [0.29, 0.717) is 0 Å². The van der Waals surface area contributed by atoms with Crippen LogP contribution in [0.2, 0.25) is 18.1 Å². The minimum Gasteiger partial charge on any atom is -0.398 e. The lowest BCUT2D eigenvalue weighted by Gasteiger charge is -2.41. The Morgan fingerprint density at radius 1 is 0.800 bits per heavy atom. The summed E-state index contributed by atoms with van der Waals surface area (Å²) in [7, 11) is 0.103. The van der Waals surface area contributed by atoms with Crippen molar-refractivity contribution in [3.8, 4) is 0 Å². The summed E-state index contributed by atoms with van der Waals surface area (Å²) in [6, 6.07) is 0. The van der Waals surface area contributed by atoms with Gasteiger partial charge in [-0.05, 0) is 6.55 Å². The molecule has 0 N–H and O–H groups in total. The standard InChI is InChI=1S/C9H24O4Si2/c1-9(2,3)14(7,10-4)13-15(8,11-5)12-6/h1-8H3. The van der Waals surface area contributed by atoms with Gasteiger partial charge in [-0.3, -0.25) is 0 Å². The first-order valence-electron chi connectivity index (χ1n) is 5.00. The summed E-state index contributed by atoms with van der Waals surface area (Å²) in [6.07, 6.45) is 0. The van der Waals surface area contributed by atoms with Crippen LogP contribution in [0.3, 0.4) is 0 Å². The fraction of sp³-hybridized carbons (Fsp3) is 1.00. The van der Waals surface area contributed by atoms with Crippen LogP contribution in [0.4, 0.5) is 0 Å². The van der Waals surface area contributed by atoms with Crippen molar-refractivity contribution in [1.29, 1.82) is 0 Å². The second-order valence-corrected chi connectivity index (χ2v) is 11.9. The fourth-order valence-corrected chi connectivity index (χ4v) is 6.86. The predicted octanol–water partition coefficient (Wildman–Crippen LogP) is 2.38. The van der Waals surface area contributed by atoms with Crippen LogP contribution in [-0.4, -0.2) is 38.7 Å². The van der Waals surface area contributed by atoms with Crippen molar-refractivity contribution in [3.63, 3.8) is 0 Å². The van der Waals surface area contributed by atoms with E-state index in [1.54, 1.807) is 21.3 Å². The number of rotatable bonds is 5. The number of hydrogen-bond acceptors (Lipinski definition) is 4. The van der Waals surface area contributed by atoms with Crippen LogP contribution >= 0.6 is 0 Å². The zero-order chi connectivity index (χ0) is 12.3. The van der Waals surface area contributed by atoms with Gasteiger partial charge in [0.2, 0.25) is 0 Å². The molecule has 0 saturated heterocycles. The molecule has 0 amide bonds. The van der Waals surface area contributed by atoms with E-state index in [1.807, 2.05) is 13.1 Å². The van der Waals surface area contributed by atoms with E-state index < -0.39 is 17.4 Å². The normalized spacial score (nSPS) is 17.6. The third-order valence-corrected chi connectivity index (χ3v) is 10.9. The maximum Gasteiger partial charge on any atom is 0.488 e. The van der Waals surface area contributed by atoms with E-state index in [9.17, 15) is 0 Å². The molecule has 0 heterocycles. The molecule has 0 saturated carbocycles. The first kappa shape index (κ1) is 15.3. The van der Waals surface area contributed by atoms with Crippen molar-refractivity contribution in [2.75, 3.05) is 21.3 Å². The highest BCUT2D eigenvalue weighted by molar-refractivity contribution is 6.79. The highest BCUT2D eigenvalue weighted by Crippen LogP contribution is 2.38. The van der Waals surface area contributed by atoms with Crippen LogP contribution < -0.4 is 0 Å². The molecule has 0 spiro atoms. The Morgan fingerprint density at radius 2 is 1.20 bits per heavy atom. The highest BCUT2D eigenvalue weighted by atomic mass is 28.5. The van der Waals surface area contributed by atoms with Crippen LogP contribution in [0.1, 0.15) is 20.8 Å². The smallest absolute Gasteiger partial charge is 0.398 e. The Bertz CT molecular complexity index is 201. The monoisotopic (exact) mass is 252 g/mol. The summed E-state index contributed by atoms with van der Waals surface area (Å²) in [4.78, 5) is 0. The van der Waals surface area contributed by atoms with E-state index in [0.717, 1.165) is 0 Å². The third kappa shape index (κ3) is 3.65. The lowest BCUT2D eigenvalue weighted by Crippen LogP contribution is -2.57. The average molecular weight is 252 g/mol. The largest absolute Gasteiger partial charge is 0.488 e. The van der Waals surface area contributed by atoms with Crippen molar-refractivity contribution < 1.29 is 17.4 Å². The van der Waals surface area contributed by atoms with Gasteiger partial charge in [0.1, 0.15) is 0 Å². The van der Waals surface area contributed by atoms with Gasteiger partial charge in [0.25, 0.3) is 0 Å². The molecule has 6 heteroatoms. The Labute approximate surface area is 95.5 Å². The Hall–Kier alpha value is 0.274. The molecule has 0 fully saturated rings. The zero-order valence-corrected chi connectivity index (χ0v) is 13.1. The fourth-order valence-electron chi connectivity index (χ4n) is 1.02.